The van der Waals surface area contributed by atoms with Gasteiger partial charge in [0.25, 0.3) is 0 Å². The highest BCUT2D eigenvalue weighted by atomic mass is 32.2. The van der Waals surface area contributed by atoms with E-state index in [0.29, 0.717) is 12.1 Å². The Hall–Kier alpha value is -1.64. The van der Waals surface area contributed by atoms with Crippen LogP contribution in [0.25, 0.3) is 0 Å². The van der Waals surface area contributed by atoms with Crippen LogP contribution in [-0.4, -0.2) is 34.6 Å². The third kappa shape index (κ3) is 5.33. The van der Waals surface area contributed by atoms with Gasteiger partial charge in [-0.25, -0.2) is 13.6 Å². The van der Waals surface area contributed by atoms with Gasteiger partial charge in [-0.1, -0.05) is 0 Å². The summed E-state index contributed by atoms with van der Waals surface area (Å²) in [5.74, 6) is -0.104. The van der Waals surface area contributed by atoms with Crippen LogP contribution in [0, 0.1) is 0 Å². The molecule has 7 nitrogen and oxygen atoms in total. The highest BCUT2D eigenvalue weighted by Gasteiger charge is 2.16. The maximum absolute atomic E-state index is 11.8. The van der Waals surface area contributed by atoms with Gasteiger partial charge < -0.3 is 14.8 Å². The first-order chi connectivity index (χ1) is 9.77. The van der Waals surface area contributed by atoms with Gasteiger partial charge in [0.15, 0.2) is 0 Å². The molecule has 0 bridgehead atoms. The van der Waals surface area contributed by atoms with Crippen molar-refractivity contribution in [2.24, 2.45) is 5.14 Å². The monoisotopic (exact) mass is 316 g/mol. The summed E-state index contributed by atoms with van der Waals surface area (Å²) >= 11 is 0. The molecule has 1 unspecified atom stereocenters. The van der Waals surface area contributed by atoms with E-state index in [9.17, 15) is 13.2 Å². The summed E-state index contributed by atoms with van der Waals surface area (Å²) in [5, 5.41) is 7.73. The van der Waals surface area contributed by atoms with Gasteiger partial charge in [0.2, 0.25) is 15.9 Å². The Labute approximate surface area is 124 Å². The zero-order valence-electron chi connectivity index (χ0n) is 12.3. The summed E-state index contributed by atoms with van der Waals surface area (Å²) in [5.41, 5.74) is 0.342. The lowest BCUT2D eigenvalue weighted by Crippen LogP contribution is -2.17. The number of methoxy groups -OCH3 is 2. The van der Waals surface area contributed by atoms with Gasteiger partial charge in [-0.2, -0.15) is 0 Å². The SMILES string of the molecule is COc1ccc(NC(=O)CCC(C)OC)cc1S(N)(=O)=O. The highest BCUT2D eigenvalue weighted by molar-refractivity contribution is 7.89. The lowest BCUT2D eigenvalue weighted by molar-refractivity contribution is -0.116. The van der Waals surface area contributed by atoms with Gasteiger partial charge in [0.05, 0.1) is 13.2 Å². The second-order valence-electron chi connectivity index (χ2n) is 4.54. The minimum atomic E-state index is -3.93. The van der Waals surface area contributed by atoms with E-state index in [1.54, 1.807) is 13.2 Å². The molecule has 0 heterocycles. The van der Waals surface area contributed by atoms with Gasteiger partial charge in [0.1, 0.15) is 10.6 Å². The molecule has 1 rings (SSSR count). The van der Waals surface area contributed by atoms with Crippen LogP contribution in [0.4, 0.5) is 5.69 Å². The Morgan fingerprint density at radius 2 is 2.05 bits per heavy atom. The quantitative estimate of drug-likeness (QED) is 0.783. The molecule has 0 aliphatic heterocycles. The van der Waals surface area contributed by atoms with E-state index in [1.807, 2.05) is 6.92 Å². The standard InChI is InChI=1S/C13H20N2O5S/c1-9(19-2)4-7-13(16)15-10-5-6-11(20-3)12(8-10)21(14,17)18/h5-6,8-9H,4,7H2,1-3H3,(H,15,16)(H2,14,17,18). The van der Waals surface area contributed by atoms with Crippen molar-refractivity contribution in [2.75, 3.05) is 19.5 Å². The van der Waals surface area contributed by atoms with Crippen LogP contribution >= 0.6 is 0 Å². The molecule has 0 aliphatic rings. The van der Waals surface area contributed by atoms with E-state index in [4.69, 9.17) is 14.6 Å². The van der Waals surface area contributed by atoms with Crippen molar-refractivity contribution in [1.29, 1.82) is 0 Å². The number of hydrogen-bond acceptors (Lipinski definition) is 5. The lowest BCUT2D eigenvalue weighted by atomic mass is 10.2. The lowest BCUT2D eigenvalue weighted by Gasteiger charge is -2.11. The second kappa shape index (κ2) is 7.39. The van der Waals surface area contributed by atoms with Crippen molar-refractivity contribution >= 4 is 21.6 Å². The first-order valence-corrected chi connectivity index (χ1v) is 7.86. The Morgan fingerprint density at radius 1 is 1.38 bits per heavy atom. The van der Waals surface area contributed by atoms with Gasteiger partial charge in [-0.3, -0.25) is 4.79 Å². The Kier molecular flexibility index (Phi) is 6.13. The molecule has 0 spiro atoms. The van der Waals surface area contributed by atoms with Gasteiger partial charge >= 0.3 is 0 Å². The van der Waals surface area contributed by atoms with Crippen LogP contribution in [0.2, 0.25) is 0 Å². The first kappa shape index (κ1) is 17.4. The summed E-state index contributed by atoms with van der Waals surface area (Å²) in [6.45, 7) is 1.86. The van der Waals surface area contributed by atoms with Crippen LogP contribution in [0.1, 0.15) is 19.8 Å². The number of carbonyl (C=O) groups excluding carboxylic acids is 1. The fourth-order valence-corrected chi connectivity index (χ4v) is 2.38. The number of sulfonamides is 1. The van der Waals surface area contributed by atoms with Crippen molar-refractivity contribution in [1.82, 2.24) is 0 Å². The molecule has 1 aromatic carbocycles. The summed E-state index contributed by atoms with van der Waals surface area (Å²) in [4.78, 5) is 11.6. The molecule has 1 amide bonds. The van der Waals surface area contributed by atoms with Crippen molar-refractivity contribution in [3.8, 4) is 5.75 Å². The second-order valence-corrected chi connectivity index (χ2v) is 6.07. The number of amides is 1. The number of nitrogens with two attached hydrogens (primary N) is 1. The summed E-state index contributed by atoms with van der Waals surface area (Å²) < 4.78 is 32.9. The zero-order chi connectivity index (χ0) is 16.0. The van der Waals surface area contributed by atoms with Crippen LogP contribution in [-0.2, 0) is 19.6 Å². The molecule has 0 fully saturated rings. The molecule has 118 valence electrons. The number of rotatable bonds is 7. The summed E-state index contributed by atoms with van der Waals surface area (Å²) in [6.07, 6.45) is 0.818. The molecule has 8 heteroatoms. The zero-order valence-corrected chi connectivity index (χ0v) is 13.1. The highest BCUT2D eigenvalue weighted by Crippen LogP contribution is 2.26. The average Bonchev–Trinajstić information content (AvgIpc) is 2.43. The number of benzene rings is 1. The Bertz CT molecular complexity index is 601. The number of ether oxygens (including phenoxy) is 2. The van der Waals surface area contributed by atoms with Gasteiger partial charge in [-0.05, 0) is 31.5 Å². The van der Waals surface area contributed by atoms with E-state index in [0.717, 1.165) is 0 Å². The minimum absolute atomic E-state index is 0.0217. The maximum atomic E-state index is 11.8. The van der Waals surface area contributed by atoms with E-state index >= 15 is 0 Å². The summed E-state index contributed by atoms with van der Waals surface area (Å²) in [7, 11) is -1.01. The van der Waals surface area contributed by atoms with E-state index in [1.165, 1.54) is 19.2 Å². The predicted octanol–water partition coefficient (Wildman–Crippen LogP) is 1.10. The minimum Gasteiger partial charge on any atom is -0.495 e. The average molecular weight is 316 g/mol. The number of primary sulfonamides is 1. The van der Waals surface area contributed by atoms with Crippen molar-refractivity contribution < 1.29 is 22.7 Å². The molecule has 0 saturated heterocycles. The third-order valence-electron chi connectivity index (χ3n) is 2.93. The molecule has 0 saturated carbocycles. The number of nitrogens with one attached hydrogen (secondary N) is 1. The number of carbonyl (C=O) groups is 1. The van der Waals surface area contributed by atoms with Crippen LogP contribution in [0.3, 0.4) is 0 Å². The van der Waals surface area contributed by atoms with E-state index < -0.39 is 10.0 Å². The Balaban J connectivity index is 2.83. The fraction of sp³-hybridized carbons (Fsp3) is 0.462. The molecule has 3 N–H and O–H groups in total. The number of hydrogen-bond donors (Lipinski definition) is 2. The van der Waals surface area contributed by atoms with Crippen molar-refractivity contribution in [2.45, 2.75) is 30.8 Å². The molecular formula is C13H20N2O5S. The molecule has 21 heavy (non-hydrogen) atoms. The topological polar surface area (TPSA) is 108 Å². The molecule has 1 aromatic rings. The normalized spacial score (nSPS) is 12.8. The molecule has 0 aliphatic carbocycles. The van der Waals surface area contributed by atoms with Crippen LogP contribution in [0.15, 0.2) is 23.1 Å². The maximum Gasteiger partial charge on any atom is 0.241 e. The largest absolute Gasteiger partial charge is 0.495 e. The molecule has 1 atom stereocenters. The van der Waals surface area contributed by atoms with Crippen LogP contribution < -0.4 is 15.2 Å². The van der Waals surface area contributed by atoms with Crippen molar-refractivity contribution in [3.05, 3.63) is 18.2 Å². The molecule has 0 radical (unpaired) electrons. The predicted molar refractivity (Wildman–Crippen MR) is 78.7 cm³/mol. The van der Waals surface area contributed by atoms with Gasteiger partial charge in [-0.15, -0.1) is 0 Å². The molecule has 0 aromatic heterocycles. The Morgan fingerprint density at radius 3 is 2.57 bits per heavy atom. The van der Waals surface area contributed by atoms with Crippen molar-refractivity contribution in [3.63, 3.8) is 0 Å². The number of anilines is 1. The first-order valence-electron chi connectivity index (χ1n) is 6.31. The van der Waals surface area contributed by atoms with E-state index in [-0.39, 0.29) is 29.1 Å². The smallest absolute Gasteiger partial charge is 0.241 e. The van der Waals surface area contributed by atoms with Crippen LogP contribution in [0.5, 0.6) is 5.75 Å². The fourth-order valence-electron chi connectivity index (χ4n) is 1.65. The third-order valence-corrected chi connectivity index (χ3v) is 3.87. The summed E-state index contributed by atoms with van der Waals surface area (Å²) in [6, 6.07) is 4.25. The molecular weight excluding hydrogens is 296 g/mol. The van der Waals surface area contributed by atoms with E-state index in [2.05, 4.69) is 5.32 Å². The van der Waals surface area contributed by atoms with Gasteiger partial charge in [0, 0.05) is 19.2 Å².